The largest absolute Gasteiger partial charge is 0.326 e. The molecule has 1 aromatic heterocycles. The van der Waals surface area contributed by atoms with Crippen molar-refractivity contribution >= 4 is 34.8 Å². The van der Waals surface area contributed by atoms with Crippen LogP contribution in [0.25, 0.3) is 0 Å². The summed E-state index contributed by atoms with van der Waals surface area (Å²) in [4.78, 5) is 6.65. The summed E-state index contributed by atoms with van der Waals surface area (Å²) < 4.78 is 1.56. The molecule has 0 fully saturated rings. The van der Waals surface area contributed by atoms with E-state index in [9.17, 15) is 0 Å². The van der Waals surface area contributed by atoms with Crippen molar-refractivity contribution in [1.29, 1.82) is 0 Å². The zero-order chi connectivity index (χ0) is 5.98. The lowest BCUT2D eigenvalue weighted by Crippen LogP contribution is -1.81. The first kappa shape index (κ1) is 6.15. The van der Waals surface area contributed by atoms with Gasteiger partial charge in [-0.25, -0.2) is 4.98 Å². The summed E-state index contributed by atoms with van der Waals surface area (Å²) in [5, 5.41) is 0. The predicted octanol–water partition coefficient (Wildman–Crippen LogP) is 1.74. The molecule has 0 amide bonds. The maximum atomic E-state index is 4.73. The van der Waals surface area contributed by atoms with Crippen molar-refractivity contribution in [2.75, 3.05) is 0 Å². The summed E-state index contributed by atoms with van der Waals surface area (Å²) in [5.41, 5.74) is 0. The first-order valence-corrected chi connectivity index (χ1v) is 3.48. The van der Waals surface area contributed by atoms with Gasteiger partial charge in [0.15, 0.2) is 4.77 Å². The van der Waals surface area contributed by atoms with E-state index in [2.05, 4.69) is 32.6 Å². The molecule has 42 valence electrons. The van der Waals surface area contributed by atoms with Crippen LogP contribution in [0.2, 0.25) is 0 Å². The summed E-state index contributed by atoms with van der Waals surface area (Å²) in [5.74, 6) is 0. The maximum absolute atomic E-state index is 4.73. The van der Waals surface area contributed by atoms with Gasteiger partial charge in [-0.2, -0.15) is 0 Å². The normalized spacial score (nSPS) is 9.12. The summed E-state index contributed by atoms with van der Waals surface area (Å²) >= 11 is 6.87. The van der Waals surface area contributed by atoms with E-state index in [-0.39, 0.29) is 0 Å². The van der Waals surface area contributed by atoms with Gasteiger partial charge in [-0.15, -0.1) is 0 Å². The first-order chi connectivity index (χ1) is 3.79. The highest BCUT2D eigenvalue weighted by Crippen LogP contribution is 1.94. The number of rotatable bonds is 0. The zero-order valence-electron chi connectivity index (χ0n) is 3.89. The number of H-pyrrole nitrogens is 1. The van der Waals surface area contributed by atoms with Gasteiger partial charge in [0.2, 0.25) is 0 Å². The van der Waals surface area contributed by atoms with E-state index < -0.39 is 0 Å². The van der Waals surface area contributed by atoms with Gasteiger partial charge in [-0.05, 0) is 40.9 Å². The Morgan fingerprint density at radius 1 is 1.75 bits per heavy atom. The Balaban J connectivity index is 3.28. The van der Waals surface area contributed by atoms with Crippen LogP contribution in [-0.2, 0) is 0 Å². The standard InChI is InChI=1S/C4H3IN2S/c5-3-1-2-6-4(8)7-3/h1-2H,(H,6,7,8). The molecule has 1 N–H and O–H groups in total. The molecule has 1 heterocycles. The molecular weight excluding hydrogens is 235 g/mol. The topological polar surface area (TPSA) is 28.7 Å². The van der Waals surface area contributed by atoms with E-state index in [0.717, 1.165) is 3.70 Å². The van der Waals surface area contributed by atoms with Crippen LogP contribution in [0.3, 0.4) is 0 Å². The van der Waals surface area contributed by atoms with Crippen molar-refractivity contribution in [2.24, 2.45) is 0 Å². The quantitative estimate of drug-likeness (QED) is 0.423. The molecule has 0 aliphatic carbocycles. The summed E-state index contributed by atoms with van der Waals surface area (Å²) in [6.45, 7) is 0. The Hall–Kier alpha value is 0.0300. The van der Waals surface area contributed by atoms with Crippen LogP contribution < -0.4 is 0 Å². The lowest BCUT2D eigenvalue weighted by Gasteiger charge is -1.84. The smallest absolute Gasteiger partial charge is 0.197 e. The maximum Gasteiger partial charge on any atom is 0.197 e. The van der Waals surface area contributed by atoms with E-state index in [1.807, 2.05) is 6.07 Å². The van der Waals surface area contributed by atoms with Crippen LogP contribution in [0.15, 0.2) is 12.3 Å². The molecule has 0 spiro atoms. The molecule has 0 saturated heterocycles. The number of hydrogen-bond acceptors (Lipinski definition) is 2. The van der Waals surface area contributed by atoms with E-state index in [0.29, 0.717) is 4.77 Å². The minimum atomic E-state index is 0.539. The van der Waals surface area contributed by atoms with Crippen LogP contribution in [0.4, 0.5) is 0 Å². The lowest BCUT2D eigenvalue weighted by atomic mass is 10.7. The van der Waals surface area contributed by atoms with Gasteiger partial charge in [0.1, 0.15) is 0 Å². The Bertz CT molecular complexity index is 231. The van der Waals surface area contributed by atoms with E-state index in [1.54, 1.807) is 6.20 Å². The molecule has 2 nitrogen and oxygen atoms in total. The van der Waals surface area contributed by atoms with E-state index in [1.165, 1.54) is 0 Å². The fourth-order valence-corrected chi connectivity index (χ4v) is 1.12. The number of aromatic nitrogens is 2. The highest BCUT2D eigenvalue weighted by molar-refractivity contribution is 14.1. The summed E-state index contributed by atoms with van der Waals surface area (Å²) in [7, 11) is 0. The average molecular weight is 238 g/mol. The van der Waals surface area contributed by atoms with Gasteiger partial charge < -0.3 is 4.98 Å². The SMILES string of the molecule is S=c1nccc(I)[nH]1. The third kappa shape index (κ3) is 1.52. The predicted molar refractivity (Wildman–Crippen MR) is 42.1 cm³/mol. The van der Waals surface area contributed by atoms with Crippen molar-refractivity contribution in [3.05, 3.63) is 20.7 Å². The summed E-state index contributed by atoms with van der Waals surface area (Å²) in [6, 6.07) is 1.86. The molecule has 0 aromatic carbocycles. The third-order valence-electron chi connectivity index (χ3n) is 0.639. The molecule has 0 aliphatic rings. The van der Waals surface area contributed by atoms with E-state index >= 15 is 0 Å². The van der Waals surface area contributed by atoms with Crippen LogP contribution in [0.5, 0.6) is 0 Å². The Morgan fingerprint density at radius 2 is 2.50 bits per heavy atom. The van der Waals surface area contributed by atoms with Crippen molar-refractivity contribution in [1.82, 2.24) is 9.97 Å². The van der Waals surface area contributed by atoms with Crippen LogP contribution in [0, 0.1) is 8.47 Å². The molecule has 0 aliphatic heterocycles. The Morgan fingerprint density at radius 3 is 2.88 bits per heavy atom. The molecule has 0 bridgehead atoms. The van der Waals surface area contributed by atoms with Gasteiger partial charge in [-0.1, -0.05) is 0 Å². The Kier molecular flexibility index (Phi) is 1.95. The van der Waals surface area contributed by atoms with Gasteiger partial charge >= 0.3 is 0 Å². The fourth-order valence-electron chi connectivity index (χ4n) is 0.347. The molecule has 0 unspecified atom stereocenters. The van der Waals surface area contributed by atoms with Crippen molar-refractivity contribution in [3.8, 4) is 0 Å². The van der Waals surface area contributed by atoms with Crippen LogP contribution in [-0.4, -0.2) is 9.97 Å². The van der Waals surface area contributed by atoms with Crippen LogP contribution in [0.1, 0.15) is 0 Å². The number of nitrogens with one attached hydrogen (secondary N) is 1. The molecule has 0 radical (unpaired) electrons. The average Bonchev–Trinajstić information content (AvgIpc) is 1.64. The highest BCUT2D eigenvalue weighted by atomic mass is 127. The molecule has 1 aromatic rings. The summed E-state index contributed by atoms with van der Waals surface area (Å²) in [6.07, 6.45) is 1.68. The van der Waals surface area contributed by atoms with Crippen molar-refractivity contribution < 1.29 is 0 Å². The van der Waals surface area contributed by atoms with Gasteiger partial charge in [0, 0.05) is 6.20 Å². The second-order valence-corrected chi connectivity index (χ2v) is 2.77. The molecule has 0 saturated carbocycles. The minimum absolute atomic E-state index is 0.539. The molecule has 1 rings (SSSR count). The van der Waals surface area contributed by atoms with Gasteiger partial charge in [0.05, 0.1) is 3.70 Å². The first-order valence-electron chi connectivity index (χ1n) is 2.00. The van der Waals surface area contributed by atoms with Crippen molar-refractivity contribution in [2.45, 2.75) is 0 Å². The van der Waals surface area contributed by atoms with Crippen LogP contribution >= 0.6 is 34.8 Å². The van der Waals surface area contributed by atoms with Gasteiger partial charge in [0.25, 0.3) is 0 Å². The molecule has 8 heavy (non-hydrogen) atoms. The molecular formula is C4H3IN2S. The molecule has 0 atom stereocenters. The van der Waals surface area contributed by atoms with E-state index in [4.69, 9.17) is 12.2 Å². The zero-order valence-corrected chi connectivity index (χ0v) is 6.86. The number of aromatic amines is 1. The number of nitrogens with zero attached hydrogens (tertiary/aromatic N) is 1. The Labute approximate surface area is 65.5 Å². The second kappa shape index (κ2) is 2.54. The third-order valence-corrected chi connectivity index (χ3v) is 1.48. The van der Waals surface area contributed by atoms with Crippen molar-refractivity contribution in [3.63, 3.8) is 0 Å². The monoisotopic (exact) mass is 238 g/mol. The molecule has 4 heteroatoms. The number of hydrogen-bond donors (Lipinski definition) is 1. The second-order valence-electron chi connectivity index (χ2n) is 1.22. The minimum Gasteiger partial charge on any atom is -0.326 e. The van der Waals surface area contributed by atoms with Gasteiger partial charge in [-0.3, -0.25) is 0 Å². The number of halogens is 1. The lowest BCUT2D eigenvalue weighted by molar-refractivity contribution is 1.10. The fraction of sp³-hybridized carbons (Fsp3) is 0. The highest BCUT2D eigenvalue weighted by Gasteiger charge is 1.79.